The highest BCUT2D eigenvalue weighted by Gasteiger charge is 2.46. The Kier molecular flexibility index (Phi) is 6.86. The number of rotatable bonds is 7. The van der Waals surface area contributed by atoms with Crippen molar-refractivity contribution in [2.45, 2.75) is 31.9 Å². The molecule has 0 aliphatic carbocycles. The number of methoxy groups -OCH3 is 2. The summed E-state index contributed by atoms with van der Waals surface area (Å²) < 4.78 is 16.5. The second-order valence-corrected chi connectivity index (χ2v) is 9.20. The lowest BCUT2D eigenvalue weighted by atomic mass is 9.94. The molecular weight excluding hydrogens is 506 g/mol. The van der Waals surface area contributed by atoms with Crippen molar-refractivity contribution >= 4 is 33.4 Å². The number of hydrogen-bond donors (Lipinski definition) is 2. The Bertz CT molecular complexity index is 1180. The lowest BCUT2D eigenvalue weighted by Gasteiger charge is -2.26. The summed E-state index contributed by atoms with van der Waals surface area (Å²) in [7, 11) is 2.97. The third-order valence-electron chi connectivity index (χ3n) is 6.04. The van der Waals surface area contributed by atoms with Crippen molar-refractivity contribution < 1.29 is 34.0 Å². The van der Waals surface area contributed by atoms with Gasteiger partial charge in [0, 0.05) is 32.2 Å². The Hall–Kier alpha value is -3.04. The number of likely N-dealkylation sites (tertiary alicyclic amines) is 1. The molecule has 9 heteroatoms. The van der Waals surface area contributed by atoms with Crippen molar-refractivity contribution in [1.29, 1.82) is 0 Å². The zero-order chi connectivity index (χ0) is 24.6. The van der Waals surface area contributed by atoms with Crippen LogP contribution in [-0.4, -0.2) is 60.3 Å². The van der Waals surface area contributed by atoms with Crippen LogP contribution in [0.3, 0.4) is 0 Å². The van der Waals surface area contributed by atoms with Gasteiger partial charge in [0.25, 0.3) is 11.7 Å². The maximum atomic E-state index is 13.2. The van der Waals surface area contributed by atoms with Crippen LogP contribution in [0.5, 0.6) is 17.2 Å². The first-order valence-corrected chi connectivity index (χ1v) is 11.7. The molecule has 2 aromatic carbocycles. The van der Waals surface area contributed by atoms with Crippen LogP contribution in [0.25, 0.3) is 5.76 Å². The van der Waals surface area contributed by atoms with Gasteiger partial charge < -0.3 is 29.3 Å². The minimum absolute atomic E-state index is 0.0195. The molecule has 2 atom stereocenters. The molecule has 2 heterocycles. The molecule has 0 spiro atoms. The maximum absolute atomic E-state index is 13.2. The molecule has 2 aliphatic rings. The number of fused-ring (bicyclic) bond motifs is 1. The van der Waals surface area contributed by atoms with Gasteiger partial charge >= 0.3 is 0 Å². The molecule has 2 aliphatic heterocycles. The first-order chi connectivity index (χ1) is 16.3. The zero-order valence-corrected chi connectivity index (χ0v) is 20.7. The average Bonchev–Trinajstić information content (AvgIpc) is 3.31. The van der Waals surface area contributed by atoms with E-state index in [-0.39, 0.29) is 35.5 Å². The molecule has 0 bridgehead atoms. The number of benzene rings is 2. The van der Waals surface area contributed by atoms with Gasteiger partial charge in [-0.2, -0.15) is 0 Å². The molecule has 8 nitrogen and oxygen atoms in total. The fraction of sp³-hybridized carbons (Fsp3) is 0.360. The summed E-state index contributed by atoms with van der Waals surface area (Å²) in [6.07, 6.45) is 1.22. The van der Waals surface area contributed by atoms with Gasteiger partial charge in [0.05, 0.1) is 23.2 Å². The number of carbonyl (C=O) groups is 2. The average molecular weight is 532 g/mol. The van der Waals surface area contributed by atoms with Crippen molar-refractivity contribution in [3.63, 3.8) is 0 Å². The number of carbonyl (C=O) groups excluding carboxylic acids is 2. The van der Waals surface area contributed by atoms with Crippen LogP contribution in [0.1, 0.15) is 36.1 Å². The first-order valence-electron chi connectivity index (χ1n) is 10.9. The standard InChI is InChI=1S/C25H26BrNO7/c1-13-9-15-10-14(5-6-18(15)34-13)22(28)20-21(16-11-17(26)23(29)19(12-16)33-3)27(7-4-8-32-2)25(31)24(20)30/h5-6,10-13,21,28-29H,4,7-9H2,1-3H3/b22-20+. The zero-order valence-electron chi connectivity index (χ0n) is 19.1. The van der Waals surface area contributed by atoms with Gasteiger partial charge in [-0.25, -0.2) is 0 Å². The number of phenolic OH excluding ortho intramolecular Hbond substituents is 1. The number of aromatic hydroxyl groups is 1. The summed E-state index contributed by atoms with van der Waals surface area (Å²) in [5.41, 5.74) is 1.85. The summed E-state index contributed by atoms with van der Waals surface area (Å²) in [4.78, 5) is 27.6. The maximum Gasteiger partial charge on any atom is 0.295 e. The Labute approximate surface area is 205 Å². The van der Waals surface area contributed by atoms with E-state index in [0.717, 1.165) is 11.3 Å². The van der Waals surface area contributed by atoms with Gasteiger partial charge in [-0.05, 0) is 70.7 Å². The van der Waals surface area contributed by atoms with Crippen LogP contribution in [0.4, 0.5) is 0 Å². The lowest BCUT2D eigenvalue weighted by Crippen LogP contribution is -2.31. The number of ketones is 1. The molecule has 0 aromatic heterocycles. The van der Waals surface area contributed by atoms with Crippen molar-refractivity contribution in [3.05, 3.63) is 57.1 Å². The van der Waals surface area contributed by atoms with E-state index in [1.807, 2.05) is 6.92 Å². The van der Waals surface area contributed by atoms with Crippen LogP contribution < -0.4 is 9.47 Å². The Morgan fingerprint density at radius 1 is 1.24 bits per heavy atom. The lowest BCUT2D eigenvalue weighted by molar-refractivity contribution is -0.140. The Morgan fingerprint density at radius 2 is 2.00 bits per heavy atom. The predicted octanol–water partition coefficient (Wildman–Crippen LogP) is 3.94. The van der Waals surface area contributed by atoms with Crippen molar-refractivity contribution in [2.24, 2.45) is 0 Å². The van der Waals surface area contributed by atoms with Gasteiger partial charge in [-0.3, -0.25) is 9.59 Å². The monoisotopic (exact) mass is 531 g/mol. The first kappa shape index (κ1) is 24.1. The molecule has 1 fully saturated rings. The van der Waals surface area contributed by atoms with E-state index < -0.39 is 17.7 Å². The summed E-state index contributed by atoms with van der Waals surface area (Å²) in [5, 5.41) is 21.6. The minimum Gasteiger partial charge on any atom is -0.507 e. The van der Waals surface area contributed by atoms with Crippen molar-refractivity contribution in [2.75, 3.05) is 27.4 Å². The number of hydrogen-bond acceptors (Lipinski definition) is 7. The summed E-state index contributed by atoms with van der Waals surface area (Å²) >= 11 is 3.31. The van der Waals surface area contributed by atoms with Crippen molar-refractivity contribution in [1.82, 2.24) is 4.90 Å². The molecule has 4 rings (SSSR count). The number of aliphatic hydroxyl groups is 1. The number of halogens is 1. The molecule has 34 heavy (non-hydrogen) atoms. The van der Waals surface area contributed by atoms with Crippen LogP contribution in [0.2, 0.25) is 0 Å². The summed E-state index contributed by atoms with van der Waals surface area (Å²) in [6.45, 7) is 2.61. The largest absolute Gasteiger partial charge is 0.507 e. The Morgan fingerprint density at radius 3 is 2.71 bits per heavy atom. The highest BCUT2D eigenvalue weighted by molar-refractivity contribution is 9.10. The number of nitrogens with zero attached hydrogens (tertiary/aromatic N) is 1. The van der Waals surface area contributed by atoms with Crippen molar-refractivity contribution in [3.8, 4) is 17.2 Å². The van der Waals surface area contributed by atoms with E-state index in [0.29, 0.717) is 35.0 Å². The van der Waals surface area contributed by atoms with Crippen LogP contribution >= 0.6 is 15.9 Å². The van der Waals surface area contributed by atoms with Gasteiger partial charge in [0.1, 0.15) is 17.6 Å². The molecule has 1 saturated heterocycles. The van der Waals surface area contributed by atoms with E-state index in [1.165, 1.54) is 12.0 Å². The van der Waals surface area contributed by atoms with Crippen LogP contribution in [0, 0.1) is 0 Å². The van der Waals surface area contributed by atoms with E-state index in [2.05, 4.69) is 15.9 Å². The molecule has 2 N–H and O–H groups in total. The number of phenols is 1. The summed E-state index contributed by atoms with van der Waals surface area (Å²) in [6, 6.07) is 7.53. The normalized spacial score (nSPS) is 21.0. The molecule has 0 saturated carbocycles. The SMILES string of the molecule is COCCCN1C(=O)C(=O)/C(=C(/O)c2ccc3c(c2)CC(C)O3)C1c1cc(Br)c(O)c(OC)c1. The summed E-state index contributed by atoms with van der Waals surface area (Å²) in [5.74, 6) is -0.918. The van der Waals surface area contributed by atoms with Crippen LogP contribution in [-0.2, 0) is 20.7 Å². The number of ether oxygens (including phenoxy) is 3. The quantitative estimate of drug-likeness (QED) is 0.241. The van der Waals surface area contributed by atoms with E-state index >= 15 is 0 Å². The van der Waals surface area contributed by atoms with E-state index in [9.17, 15) is 19.8 Å². The highest BCUT2D eigenvalue weighted by atomic mass is 79.9. The Balaban J connectivity index is 1.86. The molecule has 180 valence electrons. The van der Waals surface area contributed by atoms with Gasteiger partial charge in [-0.1, -0.05) is 0 Å². The van der Waals surface area contributed by atoms with Crippen LogP contribution in [0.15, 0.2) is 40.4 Å². The second kappa shape index (κ2) is 9.68. The minimum atomic E-state index is -0.869. The predicted molar refractivity (Wildman–Crippen MR) is 128 cm³/mol. The van der Waals surface area contributed by atoms with Gasteiger partial charge in [-0.15, -0.1) is 0 Å². The number of aliphatic hydroxyl groups excluding tert-OH is 1. The molecule has 1 amide bonds. The third kappa shape index (κ3) is 4.25. The highest BCUT2D eigenvalue weighted by Crippen LogP contribution is 2.44. The van der Waals surface area contributed by atoms with Gasteiger partial charge in [0.2, 0.25) is 0 Å². The third-order valence-corrected chi connectivity index (χ3v) is 6.65. The van der Waals surface area contributed by atoms with E-state index in [4.69, 9.17) is 14.2 Å². The van der Waals surface area contributed by atoms with Gasteiger partial charge in [0.15, 0.2) is 11.5 Å². The number of Topliss-reactive ketones (excluding diaryl/α,β-unsaturated/α-hetero) is 1. The fourth-order valence-corrected chi connectivity index (χ4v) is 4.93. The topological polar surface area (TPSA) is 106 Å². The molecule has 2 unspecified atom stereocenters. The molecule has 0 radical (unpaired) electrons. The smallest absolute Gasteiger partial charge is 0.295 e. The van der Waals surface area contributed by atoms with E-state index in [1.54, 1.807) is 37.4 Å². The molecule has 2 aromatic rings. The second-order valence-electron chi connectivity index (χ2n) is 8.35. The fourth-order valence-electron chi connectivity index (χ4n) is 4.47. The molecular formula is C25H26BrNO7. The number of amides is 1.